The number of carbonyl (C=O) groups excluding carboxylic acids is 1. The number of hydrogen-bond acceptors (Lipinski definition) is 5. The third kappa shape index (κ3) is 5.65. The SMILES string of the molecule is CCC(N)(CC)CNS(=O)(=O)c1cc(Cl)ccc1OCC(N)=O. The number of ether oxygens (including phenoxy) is 1. The number of nitrogens with one attached hydrogen (secondary N) is 1. The number of primary amides is 1. The molecule has 1 rings (SSSR count). The van der Waals surface area contributed by atoms with Gasteiger partial charge in [-0.25, -0.2) is 13.1 Å². The number of benzene rings is 1. The highest BCUT2D eigenvalue weighted by Gasteiger charge is 2.26. The van der Waals surface area contributed by atoms with Crippen molar-refractivity contribution in [3.8, 4) is 5.75 Å². The molecule has 23 heavy (non-hydrogen) atoms. The maximum atomic E-state index is 12.5. The molecule has 0 atom stereocenters. The van der Waals surface area contributed by atoms with E-state index in [0.717, 1.165) is 0 Å². The van der Waals surface area contributed by atoms with E-state index in [2.05, 4.69) is 4.72 Å². The second-order valence-corrected chi connectivity index (χ2v) is 7.41. The predicted octanol–water partition coefficient (Wildman–Crippen LogP) is 1.000. The molecular formula is C14H22ClN3O4S. The highest BCUT2D eigenvalue weighted by Crippen LogP contribution is 2.27. The van der Waals surface area contributed by atoms with Gasteiger partial charge in [0, 0.05) is 17.1 Å². The lowest BCUT2D eigenvalue weighted by molar-refractivity contribution is -0.120. The molecule has 1 aromatic rings. The monoisotopic (exact) mass is 363 g/mol. The summed E-state index contributed by atoms with van der Waals surface area (Å²) in [5.41, 5.74) is 10.5. The Hall–Kier alpha value is -1.35. The number of nitrogens with two attached hydrogens (primary N) is 2. The Bertz CT molecular complexity index is 660. The summed E-state index contributed by atoms with van der Waals surface area (Å²) in [6.45, 7) is 3.41. The zero-order chi connectivity index (χ0) is 17.7. The summed E-state index contributed by atoms with van der Waals surface area (Å²) in [6.07, 6.45) is 1.24. The summed E-state index contributed by atoms with van der Waals surface area (Å²) in [6, 6.07) is 4.08. The van der Waals surface area contributed by atoms with Crippen LogP contribution in [0.25, 0.3) is 0 Å². The Kier molecular flexibility index (Phi) is 6.82. The summed E-state index contributed by atoms with van der Waals surface area (Å²) in [4.78, 5) is 10.7. The molecule has 0 aliphatic rings. The minimum atomic E-state index is -3.91. The van der Waals surface area contributed by atoms with Crippen LogP contribution in [-0.4, -0.2) is 33.0 Å². The van der Waals surface area contributed by atoms with Gasteiger partial charge in [-0.05, 0) is 31.0 Å². The predicted molar refractivity (Wildman–Crippen MR) is 88.8 cm³/mol. The Labute approximate surface area is 141 Å². The Morgan fingerprint density at radius 3 is 2.48 bits per heavy atom. The maximum Gasteiger partial charge on any atom is 0.255 e. The van der Waals surface area contributed by atoms with E-state index >= 15 is 0 Å². The van der Waals surface area contributed by atoms with E-state index in [1.807, 2.05) is 13.8 Å². The van der Waals surface area contributed by atoms with Crippen LogP contribution in [0.2, 0.25) is 5.02 Å². The Morgan fingerprint density at radius 2 is 1.96 bits per heavy atom. The van der Waals surface area contributed by atoms with Gasteiger partial charge < -0.3 is 16.2 Å². The van der Waals surface area contributed by atoms with Crippen molar-refractivity contribution in [1.29, 1.82) is 0 Å². The van der Waals surface area contributed by atoms with Crippen LogP contribution in [-0.2, 0) is 14.8 Å². The van der Waals surface area contributed by atoms with Gasteiger partial charge in [0.1, 0.15) is 10.6 Å². The zero-order valence-electron chi connectivity index (χ0n) is 13.1. The van der Waals surface area contributed by atoms with Crippen molar-refractivity contribution in [2.45, 2.75) is 37.1 Å². The minimum Gasteiger partial charge on any atom is -0.482 e. The van der Waals surface area contributed by atoms with E-state index in [-0.39, 0.29) is 22.2 Å². The number of rotatable bonds is 9. The van der Waals surface area contributed by atoms with Gasteiger partial charge in [0.25, 0.3) is 5.91 Å². The van der Waals surface area contributed by atoms with Gasteiger partial charge in [-0.3, -0.25) is 4.79 Å². The van der Waals surface area contributed by atoms with Gasteiger partial charge in [-0.1, -0.05) is 25.4 Å². The van der Waals surface area contributed by atoms with Crippen LogP contribution in [0.5, 0.6) is 5.75 Å². The average Bonchev–Trinajstić information content (AvgIpc) is 2.51. The molecule has 9 heteroatoms. The first-order valence-corrected chi connectivity index (χ1v) is 8.99. The number of sulfonamides is 1. The van der Waals surface area contributed by atoms with E-state index in [0.29, 0.717) is 12.8 Å². The van der Waals surface area contributed by atoms with Crippen molar-refractivity contribution >= 4 is 27.5 Å². The quantitative estimate of drug-likeness (QED) is 0.603. The minimum absolute atomic E-state index is 0.00341. The normalized spacial score (nSPS) is 12.2. The Morgan fingerprint density at radius 1 is 1.35 bits per heavy atom. The molecule has 0 saturated heterocycles. The lowest BCUT2D eigenvalue weighted by atomic mass is 9.95. The number of halogens is 1. The van der Waals surface area contributed by atoms with Crippen molar-refractivity contribution in [1.82, 2.24) is 4.72 Å². The van der Waals surface area contributed by atoms with E-state index in [1.54, 1.807) is 0 Å². The molecule has 0 aromatic heterocycles. The van der Waals surface area contributed by atoms with E-state index in [4.69, 9.17) is 27.8 Å². The van der Waals surface area contributed by atoms with Gasteiger partial charge in [0.2, 0.25) is 10.0 Å². The van der Waals surface area contributed by atoms with Crippen molar-refractivity contribution in [3.05, 3.63) is 23.2 Å². The molecule has 0 saturated carbocycles. The van der Waals surface area contributed by atoms with Crippen molar-refractivity contribution in [2.75, 3.05) is 13.2 Å². The first-order chi connectivity index (χ1) is 10.6. The van der Waals surface area contributed by atoms with Gasteiger partial charge >= 0.3 is 0 Å². The Balaban J connectivity index is 3.06. The number of hydrogen-bond donors (Lipinski definition) is 3. The smallest absolute Gasteiger partial charge is 0.255 e. The molecule has 0 heterocycles. The van der Waals surface area contributed by atoms with Crippen LogP contribution in [0.15, 0.2) is 23.1 Å². The highest BCUT2D eigenvalue weighted by atomic mass is 35.5. The molecule has 0 unspecified atom stereocenters. The first kappa shape index (κ1) is 19.7. The fraction of sp³-hybridized carbons (Fsp3) is 0.500. The average molecular weight is 364 g/mol. The lowest BCUT2D eigenvalue weighted by Gasteiger charge is -2.26. The third-order valence-corrected chi connectivity index (χ3v) is 5.25. The molecule has 0 fully saturated rings. The van der Waals surface area contributed by atoms with Gasteiger partial charge in [-0.2, -0.15) is 0 Å². The summed E-state index contributed by atoms with van der Waals surface area (Å²) < 4.78 is 32.6. The molecule has 130 valence electrons. The molecule has 0 aliphatic heterocycles. The van der Waals surface area contributed by atoms with E-state index < -0.39 is 28.1 Å². The fourth-order valence-corrected chi connectivity index (χ4v) is 3.32. The van der Waals surface area contributed by atoms with Crippen LogP contribution >= 0.6 is 11.6 Å². The highest BCUT2D eigenvalue weighted by molar-refractivity contribution is 7.89. The summed E-state index contributed by atoms with van der Waals surface area (Å²) in [7, 11) is -3.91. The van der Waals surface area contributed by atoms with Crippen LogP contribution < -0.4 is 20.9 Å². The standard InChI is InChI=1S/C14H22ClN3O4S/c1-3-14(17,4-2)9-18-23(20,21)12-7-10(15)5-6-11(12)22-8-13(16)19/h5-7,18H,3-4,8-9,17H2,1-2H3,(H2,16,19). The third-order valence-electron chi connectivity index (χ3n) is 3.59. The molecular weight excluding hydrogens is 342 g/mol. The second kappa shape index (κ2) is 7.96. The molecule has 0 radical (unpaired) electrons. The molecule has 7 nitrogen and oxygen atoms in total. The summed E-state index contributed by atoms with van der Waals surface area (Å²) >= 11 is 5.87. The maximum absolute atomic E-state index is 12.5. The van der Waals surface area contributed by atoms with Gasteiger partial charge in [0.05, 0.1) is 0 Å². The number of amides is 1. The summed E-state index contributed by atoms with van der Waals surface area (Å²) in [5.74, 6) is -0.717. The zero-order valence-corrected chi connectivity index (χ0v) is 14.7. The van der Waals surface area contributed by atoms with Crippen LogP contribution in [0, 0.1) is 0 Å². The van der Waals surface area contributed by atoms with Crippen LogP contribution in [0.4, 0.5) is 0 Å². The van der Waals surface area contributed by atoms with Crippen LogP contribution in [0.3, 0.4) is 0 Å². The summed E-state index contributed by atoms with van der Waals surface area (Å²) in [5, 5.41) is 0.224. The van der Waals surface area contributed by atoms with Crippen molar-refractivity contribution < 1.29 is 17.9 Å². The topological polar surface area (TPSA) is 125 Å². The molecule has 1 aromatic carbocycles. The van der Waals surface area contributed by atoms with Crippen LogP contribution in [0.1, 0.15) is 26.7 Å². The second-order valence-electron chi connectivity index (χ2n) is 5.24. The molecule has 1 amide bonds. The molecule has 0 aliphatic carbocycles. The molecule has 5 N–H and O–H groups in total. The van der Waals surface area contributed by atoms with E-state index in [1.165, 1.54) is 18.2 Å². The fourth-order valence-electron chi connectivity index (χ4n) is 1.78. The molecule has 0 bridgehead atoms. The van der Waals surface area contributed by atoms with Crippen molar-refractivity contribution in [2.24, 2.45) is 11.5 Å². The van der Waals surface area contributed by atoms with Gasteiger partial charge in [0.15, 0.2) is 6.61 Å². The van der Waals surface area contributed by atoms with E-state index in [9.17, 15) is 13.2 Å². The van der Waals surface area contributed by atoms with Gasteiger partial charge in [-0.15, -0.1) is 0 Å². The van der Waals surface area contributed by atoms with Crippen molar-refractivity contribution in [3.63, 3.8) is 0 Å². The lowest BCUT2D eigenvalue weighted by Crippen LogP contribution is -2.49. The molecule has 0 spiro atoms. The number of carbonyl (C=O) groups is 1. The first-order valence-electron chi connectivity index (χ1n) is 7.12. The largest absolute Gasteiger partial charge is 0.482 e.